The first-order valence-electron chi connectivity index (χ1n) is 5.64. The van der Waals surface area contributed by atoms with Gasteiger partial charge in [0.1, 0.15) is 12.1 Å². The van der Waals surface area contributed by atoms with Gasteiger partial charge in [0.2, 0.25) is 0 Å². The van der Waals surface area contributed by atoms with Gasteiger partial charge in [0.25, 0.3) is 0 Å². The standard InChI is InChI=1S/C12H7N3/c13-6-10-8-4-2-1-3-5-9(8)11(7-14)12(10)15/h1-5H,15H2/i1D,4D,5D. The van der Waals surface area contributed by atoms with E-state index in [9.17, 15) is 0 Å². The maximum atomic E-state index is 9.06. The molecule has 15 heavy (non-hydrogen) atoms. The minimum absolute atomic E-state index is 0.00488. The summed E-state index contributed by atoms with van der Waals surface area (Å²) >= 11 is 0. The van der Waals surface area contributed by atoms with Gasteiger partial charge < -0.3 is 5.73 Å². The van der Waals surface area contributed by atoms with Crippen LogP contribution in [0, 0.1) is 22.7 Å². The van der Waals surface area contributed by atoms with Crippen LogP contribution >= 0.6 is 0 Å². The molecule has 2 rings (SSSR count). The third-order valence-corrected chi connectivity index (χ3v) is 2.11. The molecule has 0 aliphatic heterocycles. The number of anilines is 1. The summed E-state index contributed by atoms with van der Waals surface area (Å²) in [5.41, 5.74) is 6.06. The van der Waals surface area contributed by atoms with Crippen LogP contribution in [0.25, 0.3) is 11.1 Å². The summed E-state index contributed by atoms with van der Waals surface area (Å²) in [6.07, 6.45) is 0. The highest BCUT2D eigenvalue weighted by atomic mass is 14.6. The lowest BCUT2D eigenvalue weighted by molar-refractivity contribution is 1.50. The summed E-state index contributed by atoms with van der Waals surface area (Å²) < 4.78 is 23.2. The Bertz CT molecular complexity index is 653. The van der Waals surface area contributed by atoms with Crippen molar-refractivity contribution in [3.05, 3.63) is 41.4 Å². The van der Waals surface area contributed by atoms with Crippen LogP contribution in [0.2, 0.25) is 0 Å². The fraction of sp³-hybridized carbons (Fsp3) is 0. The van der Waals surface area contributed by atoms with E-state index in [2.05, 4.69) is 0 Å². The Hall–Kier alpha value is -2.52. The van der Waals surface area contributed by atoms with Crippen molar-refractivity contribution in [1.82, 2.24) is 0 Å². The van der Waals surface area contributed by atoms with Crippen molar-refractivity contribution in [2.75, 3.05) is 5.73 Å². The monoisotopic (exact) mass is 196 g/mol. The molecule has 2 aliphatic carbocycles. The Morgan fingerprint density at radius 1 is 1.07 bits per heavy atom. The van der Waals surface area contributed by atoms with Crippen LogP contribution in [0.15, 0.2) is 30.3 Å². The van der Waals surface area contributed by atoms with E-state index in [0.29, 0.717) is 0 Å². The van der Waals surface area contributed by atoms with E-state index < -0.39 is 0 Å². The lowest BCUT2D eigenvalue weighted by atomic mass is 10.1. The highest BCUT2D eigenvalue weighted by Gasteiger charge is 2.19. The topological polar surface area (TPSA) is 73.6 Å². The van der Waals surface area contributed by atoms with Crippen LogP contribution in [-0.2, 0) is 0 Å². The van der Waals surface area contributed by atoms with Gasteiger partial charge >= 0.3 is 0 Å². The number of nitrogens with two attached hydrogens (primary N) is 1. The lowest BCUT2D eigenvalue weighted by Crippen LogP contribution is -1.87. The van der Waals surface area contributed by atoms with Crippen molar-refractivity contribution < 1.29 is 4.11 Å². The van der Waals surface area contributed by atoms with Gasteiger partial charge in [0.05, 0.1) is 20.9 Å². The molecule has 0 bridgehead atoms. The number of rotatable bonds is 0. The van der Waals surface area contributed by atoms with Crippen molar-refractivity contribution >= 4 is 5.69 Å². The molecule has 3 heteroatoms. The van der Waals surface area contributed by atoms with Gasteiger partial charge in [-0.2, -0.15) is 10.5 Å². The van der Waals surface area contributed by atoms with Crippen molar-refractivity contribution in [3.63, 3.8) is 0 Å². The molecule has 3 nitrogen and oxygen atoms in total. The largest absolute Gasteiger partial charge is 0.397 e. The number of nitrogens with zero attached hydrogens (tertiary/aromatic N) is 2. The van der Waals surface area contributed by atoms with Crippen molar-refractivity contribution in [2.24, 2.45) is 0 Å². The first-order valence-corrected chi connectivity index (χ1v) is 4.14. The Morgan fingerprint density at radius 3 is 1.93 bits per heavy atom. The number of fused-ring (bicyclic) bond motifs is 1. The van der Waals surface area contributed by atoms with Crippen LogP contribution in [0.5, 0.6) is 0 Å². The molecule has 0 amide bonds. The SMILES string of the molecule is [2H]c1cc([2H])c2c(C#N)c(N)c(C#N)c-2c([2H])c1. The normalized spacial score (nSPS) is 12.3. The van der Waals surface area contributed by atoms with Crippen molar-refractivity contribution in [3.8, 4) is 23.3 Å². The van der Waals surface area contributed by atoms with E-state index >= 15 is 0 Å². The quantitative estimate of drug-likeness (QED) is 0.701. The van der Waals surface area contributed by atoms with Crippen LogP contribution in [-0.4, -0.2) is 0 Å². The van der Waals surface area contributed by atoms with E-state index in [1.54, 1.807) is 0 Å². The van der Waals surface area contributed by atoms with Crippen molar-refractivity contribution in [2.45, 2.75) is 0 Å². The zero-order valence-corrected chi connectivity index (χ0v) is 7.63. The fourth-order valence-electron chi connectivity index (χ4n) is 1.43. The van der Waals surface area contributed by atoms with E-state index in [0.717, 1.165) is 0 Å². The van der Waals surface area contributed by atoms with Crippen LogP contribution in [0.3, 0.4) is 0 Å². The summed E-state index contributed by atoms with van der Waals surface area (Å²) in [4.78, 5) is 0. The molecule has 0 saturated carbocycles. The second-order valence-corrected chi connectivity index (χ2v) is 2.88. The Kier molecular flexibility index (Phi) is 1.34. The molecular weight excluding hydrogens is 186 g/mol. The van der Waals surface area contributed by atoms with E-state index in [4.69, 9.17) is 20.4 Å². The van der Waals surface area contributed by atoms with E-state index in [1.165, 1.54) is 12.1 Å². The molecule has 0 fully saturated rings. The molecule has 0 aromatic carbocycles. The second kappa shape index (κ2) is 3.32. The highest BCUT2D eigenvalue weighted by molar-refractivity contribution is 5.90. The number of hydrogen-bond donors (Lipinski definition) is 1. The predicted molar refractivity (Wildman–Crippen MR) is 56.9 cm³/mol. The minimum Gasteiger partial charge on any atom is -0.397 e. The van der Waals surface area contributed by atoms with Crippen LogP contribution < -0.4 is 5.73 Å². The minimum atomic E-state index is -0.0850. The maximum Gasteiger partial charge on any atom is 0.102 e. The predicted octanol–water partition coefficient (Wildman–Crippen LogP) is 2.12. The van der Waals surface area contributed by atoms with Gasteiger partial charge in [-0.05, 0) is 0 Å². The summed E-state index contributed by atoms with van der Waals surface area (Å²) in [6, 6.07) is 5.96. The molecule has 0 unspecified atom stereocenters. The number of nitrogen functional groups attached to an aromatic ring is 1. The van der Waals surface area contributed by atoms with E-state index in [-0.39, 0.29) is 46.1 Å². The smallest absolute Gasteiger partial charge is 0.102 e. The van der Waals surface area contributed by atoms with Crippen molar-refractivity contribution in [1.29, 1.82) is 10.5 Å². The second-order valence-electron chi connectivity index (χ2n) is 2.88. The zero-order chi connectivity index (χ0) is 13.4. The molecule has 0 saturated heterocycles. The molecule has 70 valence electrons. The third kappa shape index (κ3) is 1.19. The maximum absolute atomic E-state index is 9.06. The molecule has 0 spiro atoms. The summed E-state index contributed by atoms with van der Waals surface area (Å²) in [5, 5.41) is 18.1. The van der Waals surface area contributed by atoms with Gasteiger partial charge in [-0.3, -0.25) is 0 Å². The molecule has 0 radical (unpaired) electrons. The molecule has 0 heterocycles. The van der Waals surface area contributed by atoms with Crippen LogP contribution in [0.4, 0.5) is 5.69 Å². The Balaban J connectivity index is 3.10. The number of nitriles is 2. The van der Waals surface area contributed by atoms with Gasteiger partial charge in [-0.15, -0.1) is 0 Å². The molecule has 2 aliphatic rings. The zero-order valence-electron chi connectivity index (χ0n) is 10.6. The molecule has 0 aromatic heterocycles. The molecular formula is C12H7N3. The number of hydrogen-bond acceptors (Lipinski definition) is 3. The molecule has 0 atom stereocenters. The summed E-state index contributed by atoms with van der Waals surface area (Å²) in [6.45, 7) is 0. The molecule has 0 aromatic rings. The summed E-state index contributed by atoms with van der Waals surface area (Å²) in [7, 11) is 0. The fourth-order valence-corrected chi connectivity index (χ4v) is 1.43. The average molecular weight is 196 g/mol. The highest BCUT2D eigenvalue weighted by Crippen LogP contribution is 2.36. The first kappa shape index (κ1) is 6.06. The van der Waals surface area contributed by atoms with Gasteiger partial charge in [0.15, 0.2) is 0 Å². The average Bonchev–Trinajstić information content (AvgIpc) is 2.54. The Morgan fingerprint density at radius 2 is 1.53 bits per heavy atom. The first-order chi connectivity index (χ1) is 8.51. The summed E-state index contributed by atoms with van der Waals surface area (Å²) in [5.74, 6) is 0. The lowest BCUT2D eigenvalue weighted by Gasteiger charge is -1.91. The molecule has 2 N–H and O–H groups in total. The van der Waals surface area contributed by atoms with Gasteiger partial charge in [-0.25, -0.2) is 0 Å². The van der Waals surface area contributed by atoms with E-state index in [1.807, 2.05) is 12.1 Å². The van der Waals surface area contributed by atoms with Crippen LogP contribution in [0.1, 0.15) is 15.2 Å². The van der Waals surface area contributed by atoms with Gasteiger partial charge in [0, 0.05) is 11.1 Å². The van der Waals surface area contributed by atoms with Gasteiger partial charge in [-0.1, -0.05) is 30.3 Å². The third-order valence-electron chi connectivity index (χ3n) is 2.11. The Labute approximate surface area is 91.5 Å².